The number of rotatable bonds is 7. The molecule has 0 aliphatic rings. The smallest absolute Gasteiger partial charge is 0.244 e. The van der Waals surface area contributed by atoms with Crippen molar-refractivity contribution < 1.29 is 17.6 Å². The molecule has 0 aliphatic heterocycles. The number of benzene rings is 2. The van der Waals surface area contributed by atoms with Crippen molar-refractivity contribution in [2.75, 3.05) is 25.3 Å². The predicted octanol–water partition coefficient (Wildman–Crippen LogP) is 2.82. The van der Waals surface area contributed by atoms with Gasteiger partial charge in [0.05, 0.1) is 15.8 Å². The van der Waals surface area contributed by atoms with Crippen LogP contribution in [0.3, 0.4) is 0 Å². The van der Waals surface area contributed by atoms with E-state index < -0.39 is 27.0 Å². The van der Waals surface area contributed by atoms with E-state index in [-0.39, 0.29) is 32.1 Å². The van der Waals surface area contributed by atoms with Gasteiger partial charge in [-0.3, -0.25) is 4.79 Å². The Hall–Kier alpha value is -2.67. The van der Waals surface area contributed by atoms with E-state index in [0.717, 1.165) is 20.7 Å². The summed E-state index contributed by atoms with van der Waals surface area (Å²) in [5, 5.41) is 10.1. The van der Waals surface area contributed by atoms with Crippen molar-refractivity contribution in [1.29, 1.82) is 0 Å². The molecule has 3 aromatic rings. The van der Waals surface area contributed by atoms with Gasteiger partial charge in [0.2, 0.25) is 21.1 Å². The summed E-state index contributed by atoms with van der Waals surface area (Å²) < 4.78 is 41.0. The first-order valence-electron chi connectivity index (χ1n) is 9.17. The maximum atomic E-state index is 14.0. The van der Waals surface area contributed by atoms with Gasteiger partial charge in [0.25, 0.3) is 0 Å². The van der Waals surface area contributed by atoms with E-state index in [9.17, 15) is 17.6 Å². The zero-order valence-corrected chi connectivity index (χ0v) is 19.7. The molecule has 0 fully saturated rings. The van der Waals surface area contributed by atoms with Crippen LogP contribution in [0.2, 0.25) is 5.02 Å². The van der Waals surface area contributed by atoms with E-state index >= 15 is 0 Å². The van der Waals surface area contributed by atoms with Gasteiger partial charge in [-0.15, -0.1) is 10.2 Å². The Morgan fingerprint density at radius 3 is 2.59 bits per heavy atom. The Balaban J connectivity index is 1.76. The monoisotopic (exact) mass is 498 g/mol. The van der Waals surface area contributed by atoms with Gasteiger partial charge in [0.1, 0.15) is 10.7 Å². The van der Waals surface area contributed by atoms with Crippen molar-refractivity contribution in [2.24, 2.45) is 0 Å². The molecule has 0 saturated heterocycles. The lowest BCUT2D eigenvalue weighted by molar-refractivity contribution is -0.115. The topological polar surface area (TPSA) is 123 Å². The largest absolute Gasteiger partial charge is 0.335 e. The Labute approximate surface area is 193 Å². The highest BCUT2D eigenvalue weighted by atomic mass is 35.5. The van der Waals surface area contributed by atoms with E-state index in [1.165, 1.54) is 44.4 Å². The van der Waals surface area contributed by atoms with Crippen molar-refractivity contribution in [1.82, 2.24) is 19.2 Å². The van der Waals surface area contributed by atoms with Gasteiger partial charge < -0.3 is 11.2 Å². The Bertz CT molecular complexity index is 1270. The lowest BCUT2D eigenvalue weighted by Crippen LogP contribution is -2.25. The van der Waals surface area contributed by atoms with Crippen LogP contribution in [0, 0.1) is 5.82 Å². The third-order valence-electron chi connectivity index (χ3n) is 4.39. The average Bonchev–Trinajstić information content (AvgIpc) is 3.09. The van der Waals surface area contributed by atoms with Crippen molar-refractivity contribution in [3.8, 4) is 11.4 Å². The molecule has 0 aliphatic carbocycles. The number of amides is 1. The average molecular weight is 499 g/mol. The predicted molar refractivity (Wildman–Crippen MR) is 122 cm³/mol. The number of carbonyl (C=O) groups is 1. The van der Waals surface area contributed by atoms with Crippen molar-refractivity contribution in [3.05, 3.63) is 53.3 Å². The highest BCUT2D eigenvalue weighted by Gasteiger charge is 2.24. The van der Waals surface area contributed by atoms with Crippen molar-refractivity contribution in [2.45, 2.75) is 22.2 Å². The standard InChI is InChI=1S/C19H20ClFN6O3S2/c1-11(31-19-25-24-17(27(19)22)13-6-4-5-7-15(13)21)18(28)23-12-8-9-14(20)16(10-12)32(29,30)26(2)3/h4-11H,22H2,1-3H3,(H,23,28). The minimum Gasteiger partial charge on any atom is -0.335 e. The fourth-order valence-corrected chi connectivity index (χ4v) is 4.78. The maximum Gasteiger partial charge on any atom is 0.244 e. The van der Waals surface area contributed by atoms with E-state index in [2.05, 4.69) is 15.5 Å². The van der Waals surface area contributed by atoms with Crippen LogP contribution >= 0.6 is 23.4 Å². The van der Waals surface area contributed by atoms with Gasteiger partial charge in [-0.1, -0.05) is 35.5 Å². The lowest BCUT2D eigenvalue weighted by Gasteiger charge is -2.15. The number of aromatic nitrogens is 3. The summed E-state index contributed by atoms with van der Waals surface area (Å²) in [6.07, 6.45) is 0. The molecule has 0 spiro atoms. The number of hydrogen-bond donors (Lipinski definition) is 2. The van der Waals surface area contributed by atoms with Crippen LogP contribution in [0.5, 0.6) is 0 Å². The van der Waals surface area contributed by atoms with Crippen LogP contribution in [0.1, 0.15) is 6.92 Å². The molecule has 1 atom stereocenters. The number of nitrogens with one attached hydrogen (secondary N) is 1. The summed E-state index contributed by atoms with van der Waals surface area (Å²) in [4.78, 5) is 12.5. The van der Waals surface area contributed by atoms with Gasteiger partial charge in [0, 0.05) is 19.8 Å². The summed E-state index contributed by atoms with van der Waals surface area (Å²) in [5.74, 6) is 5.19. The van der Waals surface area contributed by atoms with E-state index in [1.807, 2.05) is 0 Å². The summed E-state index contributed by atoms with van der Waals surface area (Å²) in [6.45, 7) is 1.62. The van der Waals surface area contributed by atoms with E-state index in [1.54, 1.807) is 19.1 Å². The molecule has 32 heavy (non-hydrogen) atoms. The number of sulfonamides is 1. The lowest BCUT2D eigenvalue weighted by atomic mass is 10.2. The molecule has 3 N–H and O–H groups in total. The zero-order valence-electron chi connectivity index (χ0n) is 17.3. The number of halogens is 2. The molecular weight excluding hydrogens is 479 g/mol. The fraction of sp³-hybridized carbons (Fsp3) is 0.211. The van der Waals surface area contributed by atoms with E-state index in [4.69, 9.17) is 17.4 Å². The minimum atomic E-state index is -3.79. The number of nitrogens with zero attached hydrogens (tertiary/aromatic N) is 4. The highest BCUT2D eigenvalue weighted by molar-refractivity contribution is 8.00. The third-order valence-corrected chi connectivity index (χ3v) is 7.74. The summed E-state index contributed by atoms with van der Waals surface area (Å²) in [7, 11) is -1.03. The van der Waals surface area contributed by atoms with Gasteiger partial charge in [-0.25, -0.2) is 21.8 Å². The molecule has 0 radical (unpaired) electrons. The SMILES string of the molecule is CC(Sc1nnc(-c2ccccc2F)n1N)C(=O)Nc1ccc(Cl)c(S(=O)(=O)N(C)C)c1. The van der Waals surface area contributed by atoms with Crippen LogP contribution in [0.15, 0.2) is 52.5 Å². The number of anilines is 1. The number of nitrogen functional groups attached to an aromatic ring is 1. The van der Waals surface area contributed by atoms with Gasteiger partial charge in [0.15, 0.2) is 5.82 Å². The number of carbonyl (C=O) groups excluding carboxylic acids is 1. The van der Waals surface area contributed by atoms with Crippen LogP contribution in [-0.2, 0) is 14.8 Å². The second kappa shape index (κ2) is 9.45. The van der Waals surface area contributed by atoms with Crippen molar-refractivity contribution >= 4 is 45.0 Å². The van der Waals surface area contributed by atoms with Gasteiger partial charge in [-0.2, -0.15) is 0 Å². The first-order valence-corrected chi connectivity index (χ1v) is 11.9. The molecule has 170 valence electrons. The number of nitrogens with two attached hydrogens (primary N) is 1. The number of thioether (sulfide) groups is 1. The summed E-state index contributed by atoms with van der Waals surface area (Å²) in [5.41, 5.74) is 0.441. The van der Waals surface area contributed by atoms with E-state index in [0.29, 0.717) is 0 Å². The molecule has 2 aromatic carbocycles. The summed E-state index contributed by atoms with van der Waals surface area (Å²) in [6, 6.07) is 10.2. The fourth-order valence-electron chi connectivity index (χ4n) is 2.61. The Morgan fingerprint density at radius 2 is 1.94 bits per heavy atom. The molecule has 1 heterocycles. The van der Waals surface area contributed by atoms with Crippen LogP contribution in [0.25, 0.3) is 11.4 Å². The summed E-state index contributed by atoms with van der Waals surface area (Å²) >= 11 is 7.05. The number of hydrogen-bond acceptors (Lipinski definition) is 7. The van der Waals surface area contributed by atoms with Crippen LogP contribution in [0.4, 0.5) is 10.1 Å². The minimum absolute atomic E-state index is 0.0380. The zero-order chi connectivity index (χ0) is 23.6. The molecule has 0 bridgehead atoms. The highest BCUT2D eigenvalue weighted by Crippen LogP contribution is 2.29. The second-order valence-electron chi connectivity index (χ2n) is 6.84. The van der Waals surface area contributed by atoms with Crippen LogP contribution < -0.4 is 11.2 Å². The maximum absolute atomic E-state index is 14.0. The van der Waals surface area contributed by atoms with Crippen molar-refractivity contribution in [3.63, 3.8) is 0 Å². The van der Waals surface area contributed by atoms with Gasteiger partial charge in [-0.05, 0) is 37.3 Å². The molecular formula is C19H20ClFN6O3S2. The molecule has 9 nitrogen and oxygen atoms in total. The molecule has 0 saturated carbocycles. The Morgan fingerprint density at radius 1 is 1.25 bits per heavy atom. The third kappa shape index (κ3) is 4.88. The first kappa shape index (κ1) is 24.0. The molecule has 3 rings (SSSR count). The molecule has 1 unspecified atom stereocenters. The van der Waals surface area contributed by atoms with Crippen LogP contribution in [-0.4, -0.2) is 52.8 Å². The Kier molecular flexibility index (Phi) is 7.08. The van der Waals surface area contributed by atoms with Gasteiger partial charge >= 0.3 is 0 Å². The first-order chi connectivity index (χ1) is 15.0. The molecule has 1 aromatic heterocycles. The normalized spacial score (nSPS) is 12.7. The second-order valence-corrected chi connectivity index (χ2v) is 10.7. The molecule has 1 amide bonds. The quantitative estimate of drug-likeness (QED) is 0.379. The molecule has 13 heteroatoms.